The van der Waals surface area contributed by atoms with Gasteiger partial charge in [0.05, 0.1) is 6.10 Å². The topological polar surface area (TPSA) is 21.3 Å². The number of ether oxygens (including phenoxy) is 1. The van der Waals surface area contributed by atoms with Crippen LogP contribution in [0.2, 0.25) is 0 Å². The highest BCUT2D eigenvalue weighted by molar-refractivity contribution is 9.10. The van der Waals surface area contributed by atoms with Crippen LogP contribution in [-0.4, -0.2) is 19.3 Å². The van der Waals surface area contributed by atoms with Gasteiger partial charge in [-0.25, -0.2) is 0 Å². The van der Waals surface area contributed by atoms with E-state index in [0.717, 1.165) is 19.7 Å². The van der Waals surface area contributed by atoms with Crippen LogP contribution in [0, 0.1) is 6.92 Å². The van der Waals surface area contributed by atoms with Crippen molar-refractivity contribution in [3.63, 3.8) is 0 Å². The second kappa shape index (κ2) is 5.80. The fraction of sp³-hybridized carbons (Fsp3) is 0.538. The van der Waals surface area contributed by atoms with E-state index in [1.165, 1.54) is 28.4 Å². The summed E-state index contributed by atoms with van der Waals surface area (Å²) in [7, 11) is 0. The summed E-state index contributed by atoms with van der Waals surface area (Å²) in [4.78, 5) is 0. The third-order valence-corrected chi connectivity index (χ3v) is 3.84. The monoisotopic (exact) mass is 283 g/mol. The predicted molar refractivity (Wildman–Crippen MR) is 69.6 cm³/mol. The molecule has 0 saturated carbocycles. The molecule has 1 heterocycles. The maximum absolute atomic E-state index is 5.56. The zero-order valence-electron chi connectivity index (χ0n) is 9.63. The SMILES string of the molecule is Cc1cc(CNCC2CCCO2)ccc1Br. The minimum absolute atomic E-state index is 0.427. The van der Waals surface area contributed by atoms with Crippen LogP contribution in [0.15, 0.2) is 22.7 Å². The first-order chi connectivity index (χ1) is 7.75. The Morgan fingerprint density at radius 2 is 2.38 bits per heavy atom. The molecule has 1 aromatic rings. The van der Waals surface area contributed by atoms with E-state index in [9.17, 15) is 0 Å². The molecule has 2 nitrogen and oxygen atoms in total. The second-order valence-corrected chi connectivity index (χ2v) is 5.20. The molecule has 0 radical (unpaired) electrons. The molecule has 1 N–H and O–H groups in total. The maximum Gasteiger partial charge on any atom is 0.0700 e. The minimum atomic E-state index is 0.427. The van der Waals surface area contributed by atoms with Crippen LogP contribution in [0.1, 0.15) is 24.0 Å². The van der Waals surface area contributed by atoms with Gasteiger partial charge < -0.3 is 10.1 Å². The Balaban J connectivity index is 1.78. The summed E-state index contributed by atoms with van der Waals surface area (Å²) in [6.45, 7) is 4.94. The smallest absolute Gasteiger partial charge is 0.0700 e. The fourth-order valence-corrected chi connectivity index (χ4v) is 2.25. The number of rotatable bonds is 4. The molecule has 1 aromatic carbocycles. The van der Waals surface area contributed by atoms with Crippen molar-refractivity contribution >= 4 is 15.9 Å². The molecule has 0 spiro atoms. The minimum Gasteiger partial charge on any atom is -0.377 e. The van der Waals surface area contributed by atoms with E-state index in [0.29, 0.717) is 6.10 Å². The van der Waals surface area contributed by atoms with Crippen molar-refractivity contribution in [3.05, 3.63) is 33.8 Å². The number of benzene rings is 1. The van der Waals surface area contributed by atoms with Crippen LogP contribution >= 0.6 is 15.9 Å². The molecular formula is C13H18BrNO. The van der Waals surface area contributed by atoms with Crippen molar-refractivity contribution in [2.24, 2.45) is 0 Å². The van der Waals surface area contributed by atoms with Crippen molar-refractivity contribution in [2.75, 3.05) is 13.2 Å². The van der Waals surface area contributed by atoms with Gasteiger partial charge in [-0.2, -0.15) is 0 Å². The molecule has 0 aromatic heterocycles. The lowest BCUT2D eigenvalue weighted by Gasteiger charge is -2.11. The Morgan fingerprint density at radius 3 is 3.06 bits per heavy atom. The number of hydrogen-bond donors (Lipinski definition) is 1. The summed E-state index contributed by atoms with van der Waals surface area (Å²) in [5.41, 5.74) is 2.62. The molecule has 0 amide bonds. The van der Waals surface area contributed by atoms with Crippen LogP contribution in [0.25, 0.3) is 0 Å². The summed E-state index contributed by atoms with van der Waals surface area (Å²) in [6, 6.07) is 6.48. The number of halogens is 1. The average molecular weight is 284 g/mol. The van der Waals surface area contributed by atoms with E-state index in [2.05, 4.69) is 46.4 Å². The van der Waals surface area contributed by atoms with E-state index in [-0.39, 0.29) is 0 Å². The summed E-state index contributed by atoms with van der Waals surface area (Å²) >= 11 is 3.51. The molecule has 1 aliphatic heterocycles. The summed E-state index contributed by atoms with van der Waals surface area (Å²) in [5.74, 6) is 0. The zero-order chi connectivity index (χ0) is 11.4. The Bertz CT molecular complexity index is 348. The first-order valence-corrected chi connectivity index (χ1v) is 6.62. The van der Waals surface area contributed by atoms with Gasteiger partial charge in [-0.15, -0.1) is 0 Å². The van der Waals surface area contributed by atoms with Gasteiger partial charge in [0.2, 0.25) is 0 Å². The molecule has 1 unspecified atom stereocenters. The van der Waals surface area contributed by atoms with Gasteiger partial charge >= 0.3 is 0 Å². The molecule has 3 heteroatoms. The average Bonchev–Trinajstić information content (AvgIpc) is 2.76. The zero-order valence-corrected chi connectivity index (χ0v) is 11.2. The van der Waals surface area contributed by atoms with Gasteiger partial charge in [0, 0.05) is 24.2 Å². The summed E-state index contributed by atoms with van der Waals surface area (Å²) < 4.78 is 6.74. The second-order valence-electron chi connectivity index (χ2n) is 4.35. The van der Waals surface area contributed by atoms with E-state index < -0.39 is 0 Å². The van der Waals surface area contributed by atoms with Crippen molar-refractivity contribution in [2.45, 2.75) is 32.4 Å². The fourth-order valence-electron chi connectivity index (χ4n) is 2.00. The standard InChI is InChI=1S/C13H18BrNO/c1-10-7-11(4-5-13(10)14)8-15-9-12-3-2-6-16-12/h4-5,7,12,15H,2-3,6,8-9H2,1H3. The van der Waals surface area contributed by atoms with E-state index in [1.807, 2.05) is 0 Å². The van der Waals surface area contributed by atoms with E-state index in [4.69, 9.17) is 4.74 Å². The predicted octanol–water partition coefficient (Wildman–Crippen LogP) is 3.03. The highest BCUT2D eigenvalue weighted by atomic mass is 79.9. The summed E-state index contributed by atoms with van der Waals surface area (Å²) in [6.07, 6.45) is 2.84. The molecule has 0 aliphatic carbocycles. The maximum atomic E-state index is 5.56. The molecule has 1 atom stereocenters. The largest absolute Gasteiger partial charge is 0.377 e. The summed E-state index contributed by atoms with van der Waals surface area (Å²) in [5, 5.41) is 3.45. The van der Waals surface area contributed by atoms with Gasteiger partial charge in [-0.3, -0.25) is 0 Å². The van der Waals surface area contributed by atoms with E-state index >= 15 is 0 Å². The van der Waals surface area contributed by atoms with Crippen molar-refractivity contribution in [1.82, 2.24) is 5.32 Å². The van der Waals surface area contributed by atoms with Gasteiger partial charge in [-0.05, 0) is 37.0 Å². The molecule has 0 bridgehead atoms. The first kappa shape index (κ1) is 12.1. The Labute approximate surface area is 106 Å². The van der Waals surface area contributed by atoms with Gasteiger partial charge in [-0.1, -0.05) is 28.1 Å². The normalized spacial score (nSPS) is 20.2. The van der Waals surface area contributed by atoms with Crippen LogP contribution in [-0.2, 0) is 11.3 Å². The highest BCUT2D eigenvalue weighted by Gasteiger charge is 2.14. The lowest BCUT2D eigenvalue weighted by molar-refractivity contribution is 0.110. The molecule has 88 valence electrons. The molecule has 2 rings (SSSR count). The Kier molecular flexibility index (Phi) is 4.38. The first-order valence-electron chi connectivity index (χ1n) is 5.83. The Hall–Kier alpha value is -0.380. The van der Waals surface area contributed by atoms with Gasteiger partial charge in [0.25, 0.3) is 0 Å². The number of nitrogens with one attached hydrogen (secondary N) is 1. The Morgan fingerprint density at radius 1 is 1.50 bits per heavy atom. The van der Waals surface area contributed by atoms with Crippen molar-refractivity contribution in [3.8, 4) is 0 Å². The molecule has 1 aliphatic rings. The van der Waals surface area contributed by atoms with Crippen LogP contribution in [0.5, 0.6) is 0 Å². The van der Waals surface area contributed by atoms with Gasteiger partial charge in [0.1, 0.15) is 0 Å². The number of hydrogen-bond acceptors (Lipinski definition) is 2. The van der Waals surface area contributed by atoms with Crippen molar-refractivity contribution in [1.29, 1.82) is 0 Å². The third-order valence-electron chi connectivity index (χ3n) is 2.95. The molecule has 1 saturated heterocycles. The highest BCUT2D eigenvalue weighted by Crippen LogP contribution is 2.17. The molecular weight excluding hydrogens is 266 g/mol. The van der Waals surface area contributed by atoms with Crippen LogP contribution in [0.4, 0.5) is 0 Å². The molecule has 16 heavy (non-hydrogen) atoms. The van der Waals surface area contributed by atoms with Gasteiger partial charge in [0.15, 0.2) is 0 Å². The quantitative estimate of drug-likeness (QED) is 0.917. The van der Waals surface area contributed by atoms with Crippen LogP contribution < -0.4 is 5.32 Å². The lowest BCUT2D eigenvalue weighted by Crippen LogP contribution is -2.25. The third kappa shape index (κ3) is 3.30. The van der Waals surface area contributed by atoms with Crippen LogP contribution in [0.3, 0.4) is 0 Å². The van der Waals surface area contributed by atoms with E-state index in [1.54, 1.807) is 0 Å². The lowest BCUT2D eigenvalue weighted by atomic mass is 10.1. The molecule has 1 fully saturated rings. The number of aryl methyl sites for hydroxylation is 1. The van der Waals surface area contributed by atoms with Crippen molar-refractivity contribution < 1.29 is 4.74 Å².